The summed E-state index contributed by atoms with van der Waals surface area (Å²) in [4.78, 5) is 0. The first kappa shape index (κ1) is 24.8. The second-order valence-electron chi connectivity index (χ2n) is 11.2. The predicted octanol–water partition coefficient (Wildman–Crippen LogP) is 5.26. The van der Waals surface area contributed by atoms with Crippen molar-refractivity contribution < 1.29 is 16.5 Å². The Labute approximate surface area is 250 Å². The van der Waals surface area contributed by atoms with Crippen molar-refractivity contribution in [3.8, 4) is 0 Å². The first-order valence-corrected chi connectivity index (χ1v) is 19.2. The molecule has 0 atom stereocenters. The Morgan fingerprint density at radius 3 is 1.38 bits per heavy atom. The van der Waals surface area contributed by atoms with Crippen LogP contribution in [0.1, 0.15) is 0 Å². The quantitative estimate of drug-likeness (QED) is 0.144. The molecule has 4 nitrogen and oxygen atoms in total. The second-order valence-corrected chi connectivity index (χ2v) is 19.1. The average Bonchev–Trinajstić information content (AvgIpc) is 2.99. The molecule has 1 aliphatic heterocycles. The lowest BCUT2D eigenvalue weighted by Crippen LogP contribution is -2.42. The standard InChI is InChI=1S/C34H26O4Si4/c1-2-5-21-11-26-16-29-17-31-24(14-28(29)15-25(26)10-20(21)4-1)9-8-23-13-27-12-22-6-3-7-34(33(22)19-30(27)18-32(23)31)42-37-40-35-39-36-41-38-42/h1-19,42H,39-41H2. The van der Waals surface area contributed by atoms with E-state index in [-0.39, 0.29) is 0 Å². The van der Waals surface area contributed by atoms with Gasteiger partial charge in [-0.25, -0.2) is 0 Å². The summed E-state index contributed by atoms with van der Waals surface area (Å²) < 4.78 is 23.9. The summed E-state index contributed by atoms with van der Waals surface area (Å²) in [6, 6.07) is 43.0. The van der Waals surface area contributed by atoms with Gasteiger partial charge in [0.25, 0.3) is 30.0 Å². The van der Waals surface area contributed by atoms with Gasteiger partial charge in [-0.1, -0.05) is 54.6 Å². The lowest BCUT2D eigenvalue weighted by molar-refractivity contribution is 0.337. The summed E-state index contributed by atoms with van der Waals surface area (Å²) in [5.41, 5.74) is 0. The molecule has 202 valence electrons. The summed E-state index contributed by atoms with van der Waals surface area (Å²) in [5, 5.41) is 18.8. The molecule has 0 aliphatic carbocycles. The van der Waals surface area contributed by atoms with Crippen LogP contribution in [-0.2, 0) is 16.5 Å². The molecule has 1 saturated heterocycles. The molecule has 0 saturated carbocycles. The van der Waals surface area contributed by atoms with E-state index in [0.29, 0.717) is 0 Å². The minimum absolute atomic E-state index is 0.895. The molecule has 8 aromatic rings. The Bertz CT molecular complexity index is 2370. The largest absolute Gasteiger partial charge is 0.425 e. The zero-order valence-electron chi connectivity index (χ0n) is 22.8. The van der Waals surface area contributed by atoms with Crippen molar-refractivity contribution >= 4 is 120 Å². The number of hydrogen-bond donors (Lipinski definition) is 0. The number of hydrogen-bond acceptors (Lipinski definition) is 4. The normalized spacial score (nSPS) is 18.3. The molecule has 0 aromatic heterocycles. The molecule has 1 aliphatic rings. The molecule has 42 heavy (non-hydrogen) atoms. The van der Waals surface area contributed by atoms with Crippen LogP contribution in [0.25, 0.3) is 75.4 Å². The molecular formula is C34H26O4Si4. The minimum Gasteiger partial charge on any atom is -0.425 e. The average molecular weight is 611 g/mol. The number of benzene rings is 8. The van der Waals surface area contributed by atoms with Crippen molar-refractivity contribution in [2.75, 3.05) is 0 Å². The molecule has 0 radical (unpaired) electrons. The molecule has 0 bridgehead atoms. The maximum Gasteiger partial charge on any atom is 0.338 e. The van der Waals surface area contributed by atoms with Gasteiger partial charge in [0.15, 0.2) is 0 Å². The monoisotopic (exact) mass is 610 g/mol. The maximum atomic E-state index is 6.23. The zero-order valence-corrected chi connectivity index (χ0v) is 28.2. The van der Waals surface area contributed by atoms with Crippen LogP contribution in [0, 0.1) is 0 Å². The molecule has 1 heterocycles. The third-order valence-electron chi connectivity index (χ3n) is 8.63. The van der Waals surface area contributed by atoms with Crippen LogP contribution in [0.2, 0.25) is 0 Å². The highest BCUT2D eigenvalue weighted by Crippen LogP contribution is 2.35. The Morgan fingerprint density at radius 1 is 0.357 bits per heavy atom. The maximum absolute atomic E-state index is 6.23. The van der Waals surface area contributed by atoms with E-state index in [2.05, 4.69) is 115 Å². The van der Waals surface area contributed by atoms with Crippen LogP contribution in [-0.4, -0.2) is 39.3 Å². The van der Waals surface area contributed by atoms with E-state index in [4.69, 9.17) is 16.5 Å². The van der Waals surface area contributed by atoms with Crippen molar-refractivity contribution in [2.24, 2.45) is 0 Å². The van der Waals surface area contributed by atoms with Gasteiger partial charge >= 0.3 is 9.28 Å². The van der Waals surface area contributed by atoms with Gasteiger partial charge in [-0.05, 0) is 141 Å². The molecule has 8 heteroatoms. The van der Waals surface area contributed by atoms with Crippen LogP contribution in [0.15, 0.2) is 115 Å². The Hall–Kier alpha value is -3.71. The van der Waals surface area contributed by atoms with Crippen LogP contribution in [0.5, 0.6) is 0 Å². The molecular weight excluding hydrogens is 585 g/mol. The third kappa shape index (κ3) is 4.15. The van der Waals surface area contributed by atoms with Crippen molar-refractivity contribution in [1.82, 2.24) is 0 Å². The molecule has 0 spiro atoms. The summed E-state index contributed by atoms with van der Waals surface area (Å²) in [6.45, 7) is 0. The smallest absolute Gasteiger partial charge is 0.338 e. The highest BCUT2D eigenvalue weighted by Gasteiger charge is 2.21. The van der Waals surface area contributed by atoms with Crippen LogP contribution in [0.4, 0.5) is 0 Å². The van der Waals surface area contributed by atoms with E-state index in [1.165, 1.54) is 80.6 Å². The van der Waals surface area contributed by atoms with E-state index in [1.54, 1.807) is 0 Å². The van der Waals surface area contributed by atoms with Gasteiger partial charge in [-0.3, -0.25) is 0 Å². The topological polar surface area (TPSA) is 36.9 Å². The molecule has 9 rings (SSSR count). The number of rotatable bonds is 1. The minimum atomic E-state index is -2.05. The van der Waals surface area contributed by atoms with E-state index in [0.717, 1.165) is 0 Å². The van der Waals surface area contributed by atoms with Crippen LogP contribution in [0.3, 0.4) is 0 Å². The Morgan fingerprint density at radius 2 is 0.786 bits per heavy atom. The van der Waals surface area contributed by atoms with Gasteiger partial charge in [0, 0.05) is 0 Å². The van der Waals surface area contributed by atoms with Crippen molar-refractivity contribution in [3.05, 3.63) is 115 Å². The van der Waals surface area contributed by atoms with Crippen LogP contribution >= 0.6 is 0 Å². The molecule has 1 fully saturated rings. The lowest BCUT2D eigenvalue weighted by atomic mass is 9.93. The highest BCUT2D eigenvalue weighted by atomic mass is 28.4. The SMILES string of the molecule is c1ccc2cc3cc4cc5c(ccc6cc7cc8cccc([SiH]9O[SiH2]O[SiH2]O[SiH2]O9)c8cc7cc65)cc4cc3cc2c1. The first-order chi connectivity index (χ1) is 20.8. The second kappa shape index (κ2) is 9.94. The first-order valence-electron chi connectivity index (χ1n) is 14.2. The fraction of sp³-hybridized carbons (Fsp3) is 0. The zero-order chi connectivity index (χ0) is 27.6. The molecule has 0 amide bonds. The molecule has 0 unspecified atom stereocenters. The molecule has 0 N–H and O–H groups in total. The summed E-state index contributed by atoms with van der Waals surface area (Å²) >= 11 is 0. The Balaban J connectivity index is 1.25. The lowest BCUT2D eigenvalue weighted by Gasteiger charge is -2.22. The van der Waals surface area contributed by atoms with Crippen molar-refractivity contribution in [1.29, 1.82) is 0 Å². The van der Waals surface area contributed by atoms with E-state index in [1.807, 2.05) is 0 Å². The van der Waals surface area contributed by atoms with Gasteiger partial charge in [0.1, 0.15) is 0 Å². The highest BCUT2D eigenvalue weighted by molar-refractivity contribution is 6.72. The van der Waals surface area contributed by atoms with Gasteiger partial charge in [-0.15, -0.1) is 0 Å². The summed E-state index contributed by atoms with van der Waals surface area (Å²) in [5.74, 6) is 0. The molecule has 8 aromatic carbocycles. The van der Waals surface area contributed by atoms with Gasteiger partial charge in [0.2, 0.25) is 0 Å². The van der Waals surface area contributed by atoms with E-state index < -0.39 is 39.3 Å². The van der Waals surface area contributed by atoms with Gasteiger partial charge < -0.3 is 16.5 Å². The van der Waals surface area contributed by atoms with Crippen LogP contribution < -0.4 is 5.19 Å². The van der Waals surface area contributed by atoms with E-state index in [9.17, 15) is 0 Å². The van der Waals surface area contributed by atoms with Crippen molar-refractivity contribution in [2.45, 2.75) is 0 Å². The summed E-state index contributed by atoms with van der Waals surface area (Å²) in [6.07, 6.45) is 0. The van der Waals surface area contributed by atoms with Gasteiger partial charge in [0.05, 0.1) is 0 Å². The van der Waals surface area contributed by atoms with E-state index >= 15 is 0 Å². The predicted molar refractivity (Wildman–Crippen MR) is 186 cm³/mol. The Kier molecular flexibility index (Phi) is 5.88. The third-order valence-corrected chi connectivity index (χ3v) is 15.8. The summed E-state index contributed by atoms with van der Waals surface area (Å²) in [7, 11) is -5.03. The van der Waals surface area contributed by atoms with Gasteiger partial charge in [-0.2, -0.15) is 0 Å². The fourth-order valence-electron chi connectivity index (χ4n) is 6.58. The van der Waals surface area contributed by atoms with Crippen molar-refractivity contribution in [3.63, 3.8) is 0 Å². The number of fused-ring (bicyclic) bond motifs is 8. The fourth-order valence-corrected chi connectivity index (χ4v) is 15.6.